The summed E-state index contributed by atoms with van der Waals surface area (Å²) in [4.78, 5) is 8.11. The second-order valence-corrected chi connectivity index (χ2v) is 9.67. The molecule has 0 N–H and O–H groups in total. The highest BCUT2D eigenvalue weighted by Gasteiger charge is 2.21. The largest absolute Gasteiger partial charge is 0.264 e. The fourth-order valence-corrected chi connectivity index (χ4v) is 5.61. The molecule has 2 nitrogen and oxygen atoms in total. The Morgan fingerprint density at radius 2 is 1.62 bits per heavy atom. The molecule has 0 saturated heterocycles. The zero-order valence-electron chi connectivity index (χ0n) is 20.6. The SMILES string of the molecule is Cc1cc(-c2cc(F)cc(F)c2)cc2ccc3c(c12)CCC1=C3C=CCC1.c1cnc2ccncc2c1. The Bertz CT molecular complexity index is 1630. The monoisotopic (exact) mass is 488 g/mol. The summed E-state index contributed by atoms with van der Waals surface area (Å²) in [6, 6.07) is 18.0. The first-order valence-electron chi connectivity index (χ1n) is 12.6. The molecule has 0 amide bonds. The van der Waals surface area contributed by atoms with Crippen molar-refractivity contribution in [1.82, 2.24) is 9.97 Å². The standard InChI is InChI=1S/C25H20F2.C8H6N2/c1-15-10-18(19-12-20(26)14-21(27)13-19)11-17-7-8-23-22-5-3-2-4-16(22)6-9-24(23)25(15)17;1-2-7-6-9-5-3-8(7)10-4-1/h3,5,7-8,10-14H,2,4,6,9H2,1H3;1-6H. The van der Waals surface area contributed by atoms with Gasteiger partial charge >= 0.3 is 0 Å². The van der Waals surface area contributed by atoms with Crippen molar-refractivity contribution in [2.24, 2.45) is 0 Å². The van der Waals surface area contributed by atoms with E-state index in [0.29, 0.717) is 5.56 Å². The van der Waals surface area contributed by atoms with Crippen molar-refractivity contribution >= 4 is 27.2 Å². The lowest BCUT2D eigenvalue weighted by molar-refractivity contribution is 0.584. The molecule has 0 bridgehead atoms. The number of aromatic nitrogens is 2. The molecule has 3 aromatic carbocycles. The van der Waals surface area contributed by atoms with Crippen LogP contribution in [0.25, 0.3) is 38.4 Å². The normalized spacial score (nSPS) is 14.2. The third-order valence-corrected chi connectivity index (χ3v) is 7.27. The van der Waals surface area contributed by atoms with Crippen LogP contribution in [-0.4, -0.2) is 9.97 Å². The van der Waals surface area contributed by atoms with Gasteiger partial charge in [0.1, 0.15) is 11.6 Å². The molecular weight excluding hydrogens is 462 g/mol. The van der Waals surface area contributed by atoms with E-state index in [-0.39, 0.29) is 0 Å². The molecule has 4 heteroatoms. The highest BCUT2D eigenvalue weighted by molar-refractivity contribution is 5.98. The first-order valence-corrected chi connectivity index (χ1v) is 12.6. The van der Waals surface area contributed by atoms with E-state index < -0.39 is 11.6 Å². The van der Waals surface area contributed by atoms with Crippen LogP contribution in [0.5, 0.6) is 0 Å². The highest BCUT2D eigenvalue weighted by Crippen LogP contribution is 2.41. The van der Waals surface area contributed by atoms with Gasteiger partial charge in [-0.1, -0.05) is 35.9 Å². The van der Waals surface area contributed by atoms with Gasteiger partial charge in [0, 0.05) is 30.0 Å². The van der Waals surface area contributed by atoms with E-state index >= 15 is 0 Å². The van der Waals surface area contributed by atoms with E-state index in [1.807, 2.05) is 24.4 Å². The number of allylic oxidation sites excluding steroid dienone is 4. The van der Waals surface area contributed by atoms with Crippen molar-refractivity contribution in [3.05, 3.63) is 125 Å². The lowest BCUT2D eigenvalue weighted by Gasteiger charge is -2.26. The molecule has 2 aliphatic rings. The van der Waals surface area contributed by atoms with E-state index in [4.69, 9.17) is 0 Å². The number of nitrogens with zero attached hydrogens (tertiary/aromatic N) is 2. The van der Waals surface area contributed by atoms with Crippen LogP contribution in [0.3, 0.4) is 0 Å². The molecule has 0 aliphatic heterocycles. The second-order valence-electron chi connectivity index (χ2n) is 9.67. The molecule has 37 heavy (non-hydrogen) atoms. The average Bonchev–Trinajstić information content (AvgIpc) is 2.92. The average molecular weight is 489 g/mol. The van der Waals surface area contributed by atoms with E-state index in [1.165, 1.54) is 40.6 Å². The summed E-state index contributed by atoms with van der Waals surface area (Å²) in [5.74, 6) is -1.09. The number of hydrogen-bond acceptors (Lipinski definition) is 2. The number of fused-ring (bicyclic) bond motifs is 5. The minimum Gasteiger partial charge on any atom is -0.264 e. The molecule has 0 saturated carbocycles. The Labute approximate surface area is 215 Å². The summed E-state index contributed by atoms with van der Waals surface area (Å²) in [5, 5.41) is 3.51. The Morgan fingerprint density at radius 1 is 0.784 bits per heavy atom. The topological polar surface area (TPSA) is 25.8 Å². The van der Waals surface area contributed by atoms with Crippen molar-refractivity contribution < 1.29 is 8.78 Å². The third kappa shape index (κ3) is 4.55. The summed E-state index contributed by atoms with van der Waals surface area (Å²) in [6.07, 6.45) is 14.4. The maximum absolute atomic E-state index is 13.7. The molecule has 2 heterocycles. The van der Waals surface area contributed by atoms with E-state index in [2.05, 4.69) is 53.3 Å². The fraction of sp³-hybridized carbons (Fsp3) is 0.152. The molecule has 0 unspecified atom stereocenters. The molecule has 0 spiro atoms. The van der Waals surface area contributed by atoms with E-state index in [0.717, 1.165) is 52.7 Å². The number of pyridine rings is 2. The van der Waals surface area contributed by atoms with Gasteiger partial charge in [0.2, 0.25) is 0 Å². The maximum Gasteiger partial charge on any atom is 0.126 e. The van der Waals surface area contributed by atoms with Crippen LogP contribution in [-0.2, 0) is 6.42 Å². The van der Waals surface area contributed by atoms with Crippen molar-refractivity contribution in [2.45, 2.75) is 32.6 Å². The predicted molar refractivity (Wildman–Crippen MR) is 147 cm³/mol. The van der Waals surface area contributed by atoms with Crippen LogP contribution >= 0.6 is 0 Å². The Balaban J connectivity index is 0.000000210. The molecule has 7 rings (SSSR count). The number of aryl methyl sites for hydroxylation is 2. The van der Waals surface area contributed by atoms with Crippen molar-refractivity contribution in [2.75, 3.05) is 0 Å². The van der Waals surface area contributed by atoms with Crippen LogP contribution in [0, 0.1) is 18.6 Å². The van der Waals surface area contributed by atoms with Gasteiger partial charge in [-0.3, -0.25) is 9.97 Å². The maximum atomic E-state index is 13.7. The molecule has 5 aromatic rings. The first-order chi connectivity index (χ1) is 18.1. The Kier molecular flexibility index (Phi) is 6.09. The molecule has 0 atom stereocenters. The van der Waals surface area contributed by atoms with Crippen molar-refractivity contribution in [3.63, 3.8) is 0 Å². The van der Waals surface area contributed by atoms with Crippen LogP contribution in [0.1, 0.15) is 36.0 Å². The second kappa shape index (κ2) is 9.70. The zero-order valence-corrected chi connectivity index (χ0v) is 20.6. The molecule has 0 fully saturated rings. The molecular formula is C33H26F2N2. The summed E-state index contributed by atoms with van der Waals surface area (Å²) < 4.78 is 27.3. The number of rotatable bonds is 1. The van der Waals surface area contributed by atoms with Gasteiger partial charge in [0.25, 0.3) is 0 Å². The predicted octanol–water partition coefficient (Wildman–Crippen LogP) is 8.77. The summed E-state index contributed by atoms with van der Waals surface area (Å²) in [5.41, 5.74) is 9.33. The van der Waals surface area contributed by atoms with Crippen LogP contribution < -0.4 is 0 Å². The van der Waals surface area contributed by atoms with Gasteiger partial charge in [-0.15, -0.1) is 0 Å². The van der Waals surface area contributed by atoms with Crippen LogP contribution in [0.15, 0.2) is 97.0 Å². The van der Waals surface area contributed by atoms with Crippen molar-refractivity contribution in [1.29, 1.82) is 0 Å². The molecule has 182 valence electrons. The Hall–Kier alpha value is -4.18. The Morgan fingerprint density at radius 3 is 2.46 bits per heavy atom. The zero-order chi connectivity index (χ0) is 25.4. The number of halogens is 2. The smallest absolute Gasteiger partial charge is 0.126 e. The first kappa shape index (κ1) is 23.2. The summed E-state index contributed by atoms with van der Waals surface area (Å²) in [6.45, 7) is 2.10. The van der Waals surface area contributed by atoms with Gasteiger partial charge in [-0.2, -0.15) is 0 Å². The molecule has 2 aromatic heterocycles. The molecule has 0 radical (unpaired) electrons. The lowest BCUT2D eigenvalue weighted by atomic mass is 9.78. The quantitative estimate of drug-likeness (QED) is 0.236. The van der Waals surface area contributed by atoms with E-state index in [9.17, 15) is 8.78 Å². The summed E-state index contributed by atoms with van der Waals surface area (Å²) >= 11 is 0. The number of benzene rings is 3. The van der Waals surface area contributed by atoms with Gasteiger partial charge in [0.05, 0.1) is 5.52 Å². The van der Waals surface area contributed by atoms with Crippen LogP contribution in [0.2, 0.25) is 0 Å². The molecule has 2 aliphatic carbocycles. The van der Waals surface area contributed by atoms with Gasteiger partial charge in [0.15, 0.2) is 0 Å². The minimum atomic E-state index is -0.545. The lowest BCUT2D eigenvalue weighted by Crippen LogP contribution is -2.07. The van der Waals surface area contributed by atoms with Crippen LogP contribution in [0.4, 0.5) is 8.78 Å². The van der Waals surface area contributed by atoms with Gasteiger partial charge in [-0.05, 0) is 113 Å². The number of hydrogen-bond donors (Lipinski definition) is 0. The van der Waals surface area contributed by atoms with E-state index in [1.54, 1.807) is 18.0 Å². The van der Waals surface area contributed by atoms with Gasteiger partial charge < -0.3 is 0 Å². The highest BCUT2D eigenvalue weighted by atomic mass is 19.1. The minimum absolute atomic E-state index is 0.545. The van der Waals surface area contributed by atoms with Gasteiger partial charge in [-0.25, -0.2) is 8.78 Å². The fourth-order valence-electron chi connectivity index (χ4n) is 5.61. The third-order valence-electron chi connectivity index (χ3n) is 7.27. The van der Waals surface area contributed by atoms with Crippen molar-refractivity contribution in [3.8, 4) is 11.1 Å². The summed E-state index contributed by atoms with van der Waals surface area (Å²) in [7, 11) is 0.